The molecule has 3 saturated heterocycles. The van der Waals surface area contributed by atoms with Gasteiger partial charge in [-0.1, -0.05) is 0 Å². The first-order valence-corrected chi connectivity index (χ1v) is 8.85. The van der Waals surface area contributed by atoms with Crippen LogP contribution in [0.15, 0.2) is 0 Å². The molecule has 3 aliphatic rings. The summed E-state index contributed by atoms with van der Waals surface area (Å²) in [6.45, 7) is 2.18. The van der Waals surface area contributed by atoms with E-state index < -0.39 is 12.1 Å². The van der Waals surface area contributed by atoms with E-state index in [9.17, 15) is 19.6 Å². The molecule has 0 aromatic rings. The molecule has 3 aliphatic heterocycles. The number of piperidine rings is 1. The number of hydrogen-bond donors (Lipinski definition) is 2. The summed E-state index contributed by atoms with van der Waals surface area (Å²) in [4.78, 5) is 38.8. The molecule has 9 heteroatoms. The molecule has 0 aliphatic carbocycles. The van der Waals surface area contributed by atoms with Crippen molar-refractivity contribution in [3.63, 3.8) is 0 Å². The highest BCUT2D eigenvalue weighted by molar-refractivity contribution is 6.64. The maximum atomic E-state index is 12.6. The maximum Gasteiger partial charge on any atom is 0.344 e. The van der Waals surface area contributed by atoms with Crippen molar-refractivity contribution in [2.45, 2.75) is 56.7 Å². The molecule has 132 valence electrons. The third-order valence-corrected chi connectivity index (χ3v) is 5.38. The van der Waals surface area contributed by atoms with Crippen molar-refractivity contribution < 1.29 is 19.6 Å². The summed E-state index contributed by atoms with van der Waals surface area (Å²) in [5.74, 6) is -0.104. The van der Waals surface area contributed by atoms with Crippen molar-refractivity contribution in [1.29, 1.82) is 0 Å². The van der Waals surface area contributed by atoms with E-state index in [0.29, 0.717) is 26.8 Å². The van der Waals surface area contributed by atoms with E-state index >= 15 is 0 Å². The van der Waals surface area contributed by atoms with Crippen LogP contribution in [0.4, 0.5) is 4.79 Å². The van der Waals surface area contributed by atoms with Gasteiger partial charge < -0.3 is 19.8 Å². The lowest BCUT2D eigenvalue weighted by Crippen LogP contribution is -2.52. The summed E-state index contributed by atoms with van der Waals surface area (Å²) >= 11 is 0. The zero-order valence-electron chi connectivity index (χ0n) is 13.9. The van der Waals surface area contributed by atoms with E-state index in [1.807, 2.05) is 0 Å². The van der Waals surface area contributed by atoms with Crippen LogP contribution in [0.25, 0.3) is 0 Å². The molecule has 0 saturated carbocycles. The second-order valence-corrected chi connectivity index (χ2v) is 6.98. The quantitative estimate of drug-likeness (QED) is 0.412. The second-order valence-electron chi connectivity index (χ2n) is 6.98. The van der Waals surface area contributed by atoms with Crippen molar-refractivity contribution in [3.8, 4) is 0 Å². The monoisotopic (exact) mass is 336 g/mol. The third-order valence-electron chi connectivity index (χ3n) is 5.38. The Kier molecular flexibility index (Phi) is 5.40. The lowest BCUT2D eigenvalue weighted by Gasteiger charge is -2.32. The molecule has 0 unspecified atom stereocenters. The zero-order chi connectivity index (χ0) is 17.1. The van der Waals surface area contributed by atoms with Gasteiger partial charge in [0.25, 0.3) is 7.41 Å². The normalized spacial score (nSPS) is 29.1. The van der Waals surface area contributed by atoms with Gasteiger partial charge in [-0.2, -0.15) is 0 Å². The number of hydroxylamine groups is 2. The highest BCUT2D eigenvalue weighted by Crippen LogP contribution is 2.28. The van der Waals surface area contributed by atoms with E-state index in [4.69, 9.17) is 0 Å². The average molecular weight is 336 g/mol. The molecule has 0 aromatic heterocycles. The summed E-state index contributed by atoms with van der Waals surface area (Å²) in [5.41, 5.74) is 0. The number of amides is 3. The molecule has 3 heterocycles. The number of nitrogens with one attached hydrogen (secondary N) is 1. The smallest absolute Gasteiger partial charge is 0.344 e. The van der Waals surface area contributed by atoms with Crippen LogP contribution in [-0.2, 0) is 9.59 Å². The van der Waals surface area contributed by atoms with Gasteiger partial charge in [-0.15, -0.1) is 0 Å². The van der Waals surface area contributed by atoms with Crippen LogP contribution in [0, 0.1) is 0 Å². The number of urea groups is 1. The Morgan fingerprint density at radius 3 is 2.58 bits per heavy atom. The summed E-state index contributed by atoms with van der Waals surface area (Å²) < 4.78 is 0. The number of carbonyl (C=O) groups excluding carboxylic acids is 3. The van der Waals surface area contributed by atoms with Crippen LogP contribution in [0.3, 0.4) is 0 Å². The zero-order valence-corrected chi connectivity index (χ0v) is 13.9. The van der Waals surface area contributed by atoms with Crippen LogP contribution in [-0.4, -0.2) is 83.3 Å². The van der Waals surface area contributed by atoms with Crippen LogP contribution in [0.5, 0.6) is 0 Å². The molecule has 3 fully saturated rings. The maximum absolute atomic E-state index is 12.6. The first-order valence-electron chi connectivity index (χ1n) is 8.85. The molecule has 8 nitrogen and oxygen atoms in total. The van der Waals surface area contributed by atoms with Gasteiger partial charge in [0.2, 0.25) is 5.91 Å². The fourth-order valence-electron chi connectivity index (χ4n) is 4.03. The predicted molar refractivity (Wildman–Crippen MR) is 88.4 cm³/mol. The minimum atomic E-state index is -0.470. The Hall–Kier alpha value is -1.61. The number of hydrogen-bond acceptors (Lipinski definition) is 5. The molecule has 2 N–H and O–H groups in total. The van der Waals surface area contributed by atoms with Gasteiger partial charge in [-0.3, -0.25) is 10.0 Å². The highest BCUT2D eigenvalue weighted by Gasteiger charge is 2.46. The summed E-state index contributed by atoms with van der Waals surface area (Å²) in [5, 5.41) is 13.6. The molecule has 2 atom stereocenters. The first kappa shape index (κ1) is 17.2. The molecule has 2 bridgehead atoms. The second kappa shape index (κ2) is 7.52. The molecular weight excluding hydrogens is 311 g/mol. The number of rotatable bonds is 4. The molecule has 24 heavy (non-hydrogen) atoms. The fourth-order valence-corrected chi connectivity index (χ4v) is 4.03. The fraction of sp³-hybridized carbons (Fsp3) is 0.800. The van der Waals surface area contributed by atoms with Gasteiger partial charge in [-0.05, 0) is 51.6 Å². The third kappa shape index (κ3) is 3.56. The summed E-state index contributed by atoms with van der Waals surface area (Å²) in [6, 6.07) is -0.981. The first-order chi connectivity index (χ1) is 11.6. The largest absolute Gasteiger partial charge is 0.352 e. The van der Waals surface area contributed by atoms with Gasteiger partial charge in [-0.25, -0.2) is 9.86 Å². The van der Waals surface area contributed by atoms with E-state index in [1.165, 1.54) is 4.90 Å². The summed E-state index contributed by atoms with van der Waals surface area (Å²) in [7, 11) is 0.481. The van der Waals surface area contributed by atoms with Gasteiger partial charge in [0.1, 0.15) is 6.04 Å². The molecule has 0 spiro atoms. The Balaban J connectivity index is 1.52. The van der Waals surface area contributed by atoms with Gasteiger partial charge in [0, 0.05) is 12.6 Å². The van der Waals surface area contributed by atoms with Crippen LogP contribution in [0.2, 0.25) is 0 Å². The van der Waals surface area contributed by atoms with Crippen molar-refractivity contribution >= 4 is 25.5 Å². The predicted octanol–water partition coefficient (Wildman–Crippen LogP) is -0.453. The van der Waals surface area contributed by atoms with Crippen molar-refractivity contribution in [1.82, 2.24) is 20.1 Å². The van der Waals surface area contributed by atoms with Crippen LogP contribution in [0.1, 0.15) is 38.5 Å². The highest BCUT2D eigenvalue weighted by atomic mass is 16.5. The molecule has 3 amide bonds. The van der Waals surface area contributed by atoms with Crippen molar-refractivity contribution in [2.24, 2.45) is 0 Å². The van der Waals surface area contributed by atoms with E-state index in [1.54, 1.807) is 0 Å². The van der Waals surface area contributed by atoms with E-state index in [0.717, 1.165) is 50.0 Å². The standard InChI is InChI=1S/C15H25BN4O4/c21-10-16-18-7-1-3-11(4-2-8-18)17-14(22)13-6-5-12-9-19(13)15(23)20(12)24/h10-13,16,24H,1-9H2,(H,17,22)/t12-,13+/m1/s1. The Morgan fingerprint density at radius 1 is 1.21 bits per heavy atom. The Bertz CT molecular complexity index is 496. The van der Waals surface area contributed by atoms with Crippen LogP contribution >= 0.6 is 0 Å². The Morgan fingerprint density at radius 2 is 1.92 bits per heavy atom. The van der Waals surface area contributed by atoms with E-state index in [-0.39, 0.29) is 18.0 Å². The molecule has 3 rings (SSSR count). The molecular formula is C15H25BN4O4. The SMILES string of the molecule is O=CBN1CCCC(NC(=O)[C@@H]2CC[C@@H]3CN2C(=O)N3O)CCC1. The van der Waals surface area contributed by atoms with Gasteiger partial charge >= 0.3 is 6.03 Å². The van der Waals surface area contributed by atoms with Gasteiger partial charge in [0.05, 0.1) is 12.2 Å². The molecule has 0 aromatic carbocycles. The minimum Gasteiger partial charge on any atom is -0.352 e. The van der Waals surface area contributed by atoms with Crippen molar-refractivity contribution in [3.05, 3.63) is 0 Å². The Labute approximate surface area is 142 Å². The molecule has 0 radical (unpaired) electrons. The average Bonchev–Trinajstić information content (AvgIpc) is 2.76. The number of nitrogens with zero attached hydrogens (tertiary/aromatic N) is 3. The minimum absolute atomic E-state index is 0.104. The lowest BCUT2D eigenvalue weighted by atomic mass is 9.91. The van der Waals surface area contributed by atoms with E-state index in [2.05, 4.69) is 10.1 Å². The van der Waals surface area contributed by atoms with Crippen LogP contribution < -0.4 is 5.32 Å². The lowest BCUT2D eigenvalue weighted by molar-refractivity contribution is -0.127. The number of fused-ring (bicyclic) bond motifs is 2. The summed E-state index contributed by atoms with van der Waals surface area (Å²) in [6.07, 6.45) is 5.85. The van der Waals surface area contributed by atoms with Gasteiger partial charge in [0.15, 0.2) is 0 Å². The number of carbonyl (C=O) groups is 3. The van der Waals surface area contributed by atoms with Crippen molar-refractivity contribution in [2.75, 3.05) is 19.6 Å². The topological polar surface area (TPSA) is 93.2 Å².